The Morgan fingerprint density at radius 3 is 2.28 bits per heavy atom. The summed E-state index contributed by atoms with van der Waals surface area (Å²) in [5, 5.41) is 12.6. The maximum atomic E-state index is 12.6. The normalized spacial score (nSPS) is 10.5. The molecular formula is C18H16N4O3. The first-order valence-corrected chi connectivity index (χ1v) is 7.63. The zero-order valence-electron chi connectivity index (χ0n) is 13.7. The fourth-order valence-corrected chi connectivity index (χ4v) is 2.57. The van der Waals surface area contributed by atoms with Crippen molar-refractivity contribution in [3.05, 3.63) is 64.1 Å². The molecule has 7 heteroatoms. The van der Waals surface area contributed by atoms with Gasteiger partial charge in [-0.05, 0) is 30.7 Å². The number of anilines is 2. The van der Waals surface area contributed by atoms with Crippen LogP contribution in [-0.2, 0) is 4.79 Å². The second-order valence-corrected chi connectivity index (χ2v) is 5.56. The minimum atomic E-state index is -0.449. The van der Waals surface area contributed by atoms with Gasteiger partial charge < -0.3 is 10.6 Å². The summed E-state index contributed by atoms with van der Waals surface area (Å²) in [5.41, 5.74) is 1.66. The molecule has 3 rings (SSSR count). The number of hydrogen-bond acceptors (Lipinski definition) is 4. The van der Waals surface area contributed by atoms with Gasteiger partial charge >= 0.3 is 0 Å². The summed E-state index contributed by atoms with van der Waals surface area (Å²) >= 11 is 0. The Labute approximate surface area is 143 Å². The number of H-pyrrole nitrogens is 1. The molecule has 0 saturated heterocycles. The Hall–Kier alpha value is -3.48. The van der Waals surface area contributed by atoms with Crippen molar-refractivity contribution in [2.75, 3.05) is 10.6 Å². The number of carbonyl (C=O) groups is 2. The highest BCUT2D eigenvalue weighted by atomic mass is 16.2. The molecule has 2 amide bonds. The molecule has 0 aliphatic carbocycles. The average Bonchev–Trinajstić information content (AvgIpc) is 2.58. The highest BCUT2D eigenvalue weighted by molar-refractivity contribution is 6.11. The summed E-state index contributed by atoms with van der Waals surface area (Å²) in [6, 6.07) is 12.0. The lowest BCUT2D eigenvalue weighted by Gasteiger charge is -2.13. The van der Waals surface area contributed by atoms with E-state index in [4.69, 9.17) is 0 Å². The Balaban J connectivity index is 1.98. The first-order chi connectivity index (χ1) is 12.0. The first-order valence-electron chi connectivity index (χ1n) is 7.63. The lowest BCUT2D eigenvalue weighted by molar-refractivity contribution is -0.114. The summed E-state index contributed by atoms with van der Waals surface area (Å²) in [6.45, 7) is 3.21. The highest BCUT2D eigenvalue weighted by Gasteiger charge is 2.15. The Bertz CT molecular complexity index is 1040. The van der Waals surface area contributed by atoms with E-state index in [2.05, 4.69) is 20.8 Å². The lowest BCUT2D eigenvalue weighted by Crippen LogP contribution is -2.20. The van der Waals surface area contributed by atoms with Crippen LogP contribution in [0.2, 0.25) is 0 Å². The molecular weight excluding hydrogens is 320 g/mol. The fourth-order valence-electron chi connectivity index (χ4n) is 2.57. The molecule has 2 aromatic carbocycles. The molecule has 0 aliphatic rings. The zero-order chi connectivity index (χ0) is 18.0. The van der Waals surface area contributed by atoms with E-state index in [0.29, 0.717) is 22.1 Å². The van der Waals surface area contributed by atoms with Crippen molar-refractivity contribution in [2.45, 2.75) is 13.8 Å². The SMILES string of the molecule is CC(=O)Nc1cccc(NC(=O)c2n[nH]c(=O)c3ccccc23)c1C. The Kier molecular flexibility index (Phi) is 4.30. The number of amides is 2. The van der Waals surface area contributed by atoms with Crippen molar-refractivity contribution < 1.29 is 9.59 Å². The van der Waals surface area contributed by atoms with Gasteiger partial charge in [0.25, 0.3) is 11.5 Å². The van der Waals surface area contributed by atoms with E-state index in [1.165, 1.54) is 6.92 Å². The van der Waals surface area contributed by atoms with Gasteiger partial charge in [-0.3, -0.25) is 14.4 Å². The van der Waals surface area contributed by atoms with Gasteiger partial charge in [-0.15, -0.1) is 0 Å². The highest BCUT2D eigenvalue weighted by Crippen LogP contribution is 2.24. The second kappa shape index (κ2) is 6.56. The van der Waals surface area contributed by atoms with E-state index in [9.17, 15) is 14.4 Å². The summed E-state index contributed by atoms with van der Waals surface area (Å²) in [5.74, 6) is -0.643. The summed E-state index contributed by atoms with van der Waals surface area (Å²) in [7, 11) is 0. The van der Waals surface area contributed by atoms with E-state index in [1.807, 2.05) is 0 Å². The number of benzene rings is 2. The molecule has 0 radical (unpaired) electrons. The quantitative estimate of drug-likeness (QED) is 0.683. The zero-order valence-corrected chi connectivity index (χ0v) is 13.7. The fraction of sp³-hybridized carbons (Fsp3) is 0.111. The molecule has 3 aromatic rings. The van der Waals surface area contributed by atoms with Crippen molar-refractivity contribution >= 4 is 34.0 Å². The number of nitrogens with one attached hydrogen (secondary N) is 3. The minimum absolute atomic E-state index is 0.125. The predicted octanol–water partition coefficient (Wildman–Crippen LogP) is 2.44. The molecule has 0 unspecified atom stereocenters. The van der Waals surface area contributed by atoms with E-state index in [0.717, 1.165) is 5.56 Å². The summed E-state index contributed by atoms with van der Waals surface area (Å²) in [4.78, 5) is 35.7. The molecule has 3 N–H and O–H groups in total. The third kappa shape index (κ3) is 3.25. The van der Waals surface area contributed by atoms with Gasteiger partial charge in [0.1, 0.15) is 0 Å². The van der Waals surface area contributed by atoms with Crippen molar-refractivity contribution in [1.29, 1.82) is 0 Å². The number of rotatable bonds is 3. The molecule has 0 aliphatic heterocycles. The monoisotopic (exact) mass is 336 g/mol. The van der Waals surface area contributed by atoms with Gasteiger partial charge in [-0.2, -0.15) is 5.10 Å². The number of fused-ring (bicyclic) bond motifs is 1. The topological polar surface area (TPSA) is 104 Å². The first kappa shape index (κ1) is 16.4. The van der Waals surface area contributed by atoms with Crippen molar-refractivity contribution in [2.24, 2.45) is 0 Å². The number of aromatic amines is 1. The maximum Gasteiger partial charge on any atom is 0.276 e. The van der Waals surface area contributed by atoms with Crippen LogP contribution >= 0.6 is 0 Å². The molecule has 0 bridgehead atoms. The molecule has 7 nitrogen and oxygen atoms in total. The van der Waals surface area contributed by atoms with Gasteiger partial charge in [0, 0.05) is 23.7 Å². The Morgan fingerprint density at radius 2 is 1.60 bits per heavy atom. The van der Waals surface area contributed by atoms with E-state index in [1.54, 1.807) is 49.4 Å². The molecule has 0 saturated carbocycles. The van der Waals surface area contributed by atoms with Gasteiger partial charge in [-0.1, -0.05) is 24.3 Å². The molecule has 0 atom stereocenters. The lowest BCUT2D eigenvalue weighted by atomic mass is 10.1. The van der Waals surface area contributed by atoms with Crippen LogP contribution in [0.3, 0.4) is 0 Å². The standard InChI is InChI=1S/C18H16N4O3/c1-10-14(19-11(2)23)8-5-9-15(10)20-18(25)16-12-6-3-4-7-13(12)17(24)22-21-16/h3-9H,1-2H3,(H,19,23)(H,20,25)(H,22,24). The van der Waals surface area contributed by atoms with Crippen molar-refractivity contribution in [3.63, 3.8) is 0 Å². The molecule has 25 heavy (non-hydrogen) atoms. The second-order valence-electron chi connectivity index (χ2n) is 5.56. The van der Waals surface area contributed by atoms with Crippen LogP contribution < -0.4 is 16.2 Å². The van der Waals surface area contributed by atoms with Crippen molar-refractivity contribution in [1.82, 2.24) is 10.2 Å². The predicted molar refractivity (Wildman–Crippen MR) is 95.8 cm³/mol. The Morgan fingerprint density at radius 1 is 0.960 bits per heavy atom. The largest absolute Gasteiger partial charge is 0.326 e. The van der Waals surface area contributed by atoms with Crippen LogP contribution in [0.1, 0.15) is 23.0 Å². The minimum Gasteiger partial charge on any atom is -0.326 e. The summed E-state index contributed by atoms with van der Waals surface area (Å²) < 4.78 is 0. The van der Waals surface area contributed by atoms with Crippen LogP contribution in [0.15, 0.2) is 47.3 Å². The third-order valence-corrected chi connectivity index (χ3v) is 3.80. The number of nitrogens with zero attached hydrogens (tertiary/aromatic N) is 1. The summed E-state index contributed by atoms with van der Waals surface area (Å²) in [6.07, 6.45) is 0. The van der Waals surface area contributed by atoms with Gasteiger partial charge in [0.05, 0.1) is 5.39 Å². The van der Waals surface area contributed by atoms with E-state index < -0.39 is 5.91 Å². The van der Waals surface area contributed by atoms with Crippen LogP contribution in [-0.4, -0.2) is 22.0 Å². The number of carbonyl (C=O) groups excluding carboxylic acids is 2. The van der Waals surface area contributed by atoms with Crippen LogP contribution in [0.25, 0.3) is 10.8 Å². The van der Waals surface area contributed by atoms with Crippen LogP contribution in [0.4, 0.5) is 11.4 Å². The average molecular weight is 336 g/mol. The number of aromatic nitrogens is 2. The molecule has 1 aromatic heterocycles. The van der Waals surface area contributed by atoms with E-state index >= 15 is 0 Å². The van der Waals surface area contributed by atoms with Crippen LogP contribution in [0.5, 0.6) is 0 Å². The van der Waals surface area contributed by atoms with Crippen molar-refractivity contribution in [3.8, 4) is 0 Å². The maximum absolute atomic E-state index is 12.6. The third-order valence-electron chi connectivity index (χ3n) is 3.80. The van der Waals surface area contributed by atoms with E-state index in [-0.39, 0.29) is 17.2 Å². The van der Waals surface area contributed by atoms with Crippen LogP contribution in [0, 0.1) is 6.92 Å². The molecule has 0 spiro atoms. The van der Waals surface area contributed by atoms with Gasteiger partial charge in [0.2, 0.25) is 5.91 Å². The van der Waals surface area contributed by atoms with Gasteiger partial charge in [-0.25, -0.2) is 5.10 Å². The number of hydrogen-bond donors (Lipinski definition) is 3. The smallest absolute Gasteiger partial charge is 0.276 e. The molecule has 126 valence electrons. The molecule has 1 heterocycles. The molecule has 0 fully saturated rings. The van der Waals surface area contributed by atoms with Gasteiger partial charge in [0.15, 0.2) is 5.69 Å².